The molecule has 0 spiro atoms. The van der Waals surface area contributed by atoms with Crippen LogP contribution in [0.2, 0.25) is 0 Å². The number of hydrogen-bond donors (Lipinski definition) is 1. The lowest BCUT2D eigenvalue weighted by Crippen LogP contribution is -1.97. The molecule has 0 saturated carbocycles. The van der Waals surface area contributed by atoms with E-state index >= 15 is 0 Å². The third-order valence-electron chi connectivity index (χ3n) is 2.18. The van der Waals surface area contributed by atoms with Gasteiger partial charge in [0.15, 0.2) is 4.67 Å². The highest BCUT2D eigenvalue weighted by Crippen LogP contribution is 2.26. The lowest BCUT2D eigenvalue weighted by molar-refractivity contribution is 0.252. The number of alkyl halides is 2. The van der Waals surface area contributed by atoms with Crippen LogP contribution in [0.5, 0.6) is 0 Å². The van der Waals surface area contributed by atoms with Gasteiger partial charge in [-0.1, -0.05) is 11.8 Å². The summed E-state index contributed by atoms with van der Waals surface area (Å²) in [7, 11) is 0. The number of halogens is 3. The van der Waals surface area contributed by atoms with Gasteiger partial charge in [-0.05, 0) is 52.3 Å². The molecule has 0 aliphatic rings. The Morgan fingerprint density at radius 1 is 1.17 bits per heavy atom. The monoisotopic (exact) mass is 333 g/mol. The molecular weight excluding hydrogens is 324 g/mol. The Balaban J connectivity index is 1.90. The van der Waals surface area contributed by atoms with Crippen LogP contribution in [0.25, 0.3) is 0 Å². The van der Waals surface area contributed by atoms with Crippen LogP contribution in [-0.2, 0) is 6.54 Å². The van der Waals surface area contributed by atoms with Crippen molar-refractivity contribution < 1.29 is 13.2 Å². The second-order valence-corrected chi connectivity index (χ2v) is 5.31. The molecule has 2 rings (SSSR count). The molecule has 1 aromatic carbocycles. The van der Waals surface area contributed by atoms with E-state index in [1.807, 2.05) is 12.1 Å². The maximum Gasteiger partial charge on any atom is 0.288 e. The molecular formula is C12H10BrF2NOS. The first kappa shape index (κ1) is 13.4. The second-order valence-electron chi connectivity index (χ2n) is 3.46. The molecule has 0 unspecified atom stereocenters. The standard InChI is InChI=1S/C12H10BrF2NOS/c13-11-6-3-9(17-11)7-16-8-1-4-10(5-2-8)18-12(14)15/h1-6,12,16H,7H2. The molecule has 0 aliphatic carbocycles. The third kappa shape index (κ3) is 4.03. The summed E-state index contributed by atoms with van der Waals surface area (Å²) in [4.78, 5) is 0.552. The fraction of sp³-hybridized carbons (Fsp3) is 0.167. The van der Waals surface area contributed by atoms with Crippen molar-refractivity contribution in [1.82, 2.24) is 0 Å². The normalized spacial score (nSPS) is 10.9. The van der Waals surface area contributed by atoms with E-state index in [1.54, 1.807) is 24.3 Å². The highest BCUT2D eigenvalue weighted by molar-refractivity contribution is 9.10. The molecule has 0 amide bonds. The Hall–Kier alpha value is -1.01. The molecule has 1 heterocycles. The van der Waals surface area contributed by atoms with E-state index in [1.165, 1.54) is 0 Å². The van der Waals surface area contributed by atoms with Crippen LogP contribution < -0.4 is 5.32 Å². The summed E-state index contributed by atoms with van der Waals surface area (Å²) in [6.45, 7) is 0.549. The number of benzene rings is 1. The zero-order valence-corrected chi connectivity index (χ0v) is 11.6. The molecule has 0 atom stereocenters. The van der Waals surface area contributed by atoms with Gasteiger partial charge in [-0.25, -0.2) is 0 Å². The van der Waals surface area contributed by atoms with Crippen molar-refractivity contribution in [1.29, 1.82) is 0 Å². The van der Waals surface area contributed by atoms with E-state index in [0.717, 1.165) is 11.4 Å². The van der Waals surface area contributed by atoms with Crippen LogP contribution >= 0.6 is 27.7 Å². The van der Waals surface area contributed by atoms with Gasteiger partial charge < -0.3 is 9.73 Å². The maximum absolute atomic E-state index is 12.1. The maximum atomic E-state index is 12.1. The third-order valence-corrected chi connectivity index (χ3v) is 3.32. The Morgan fingerprint density at radius 2 is 1.89 bits per heavy atom. The predicted molar refractivity (Wildman–Crippen MR) is 72.0 cm³/mol. The molecule has 0 fully saturated rings. The summed E-state index contributed by atoms with van der Waals surface area (Å²) >= 11 is 3.76. The fourth-order valence-corrected chi connectivity index (χ4v) is 2.23. The number of thioether (sulfide) groups is 1. The summed E-state index contributed by atoms with van der Waals surface area (Å²) in [6.07, 6.45) is 0. The largest absolute Gasteiger partial charge is 0.452 e. The molecule has 96 valence electrons. The van der Waals surface area contributed by atoms with Gasteiger partial charge in [0, 0.05) is 10.6 Å². The molecule has 2 aromatic rings. The fourth-order valence-electron chi connectivity index (χ4n) is 1.39. The summed E-state index contributed by atoms with van der Waals surface area (Å²) < 4.78 is 30.3. The lowest BCUT2D eigenvalue weighted by atomic mass is 10.3. The number of rotatable bonds is 5. The topological polar surface area (TPSA) is 25.2 Å². The Bertz CT molecular complexity index is 501. The van der Waals surface area contributed by atoms with Crippen molar-refractivity contribution in [3.63, 3.8) is 0 Å². The van der Waals surface area contributed by atoms with Crippen molar-refractivity contribution in [2.24, 2.45) is 0 Å². The average Bonchev–Trinajstić information content (AvgIpc) is 2.74. The molecule has 6 heteroatoms. The summed E-state index contributed by atoms with van der Waals surface area (Å²) in [5.41, 5.74) is 0.862. The van der Waals surface area contributed by atoms with Gasteiger partial charge in [0.2, 0.25) is 0 Å². The minimum Gasteiger partial charge on any atom is -0.452 e. The predicted octanol–water partition coefficient (Wildman–Crippen LogP) is 4.97. The minimum atomic E-state index is -2.38. The van der Waals surface area contributed by atoms with E-state index in [-0.39, 0.29) is 0 Å². The van der Waals surface area contributed by atoms with Crippen molar-refractivity contribution in [3.05, 3.63) is 46.8 Å². The van der Waals surface area contributed by atoms with Gasteiger partial charge in [0.25, 0.3) is 5.76 Å². The Labute approximate surface area is 116 Å². The highest BCUT2D eigenvalue weighted by Gasteiger charge is 2.05. The van der Waals surface area contributed by atoms with Gasteiger partial charge in [-0.3, -0.25) is 0 Å². The van der Waals surface area contributed by atoms with E-state index in [4.69, 9.17) is 4.42 Å². The summed E-state index contributed by atoms with van der Waals surface area (Å²) in [6, 6.07) is 10.5. The van der Waals surface area contributed by atoms with Crippen LogP contribution in [0.15, 0.2) is 50.4 Å². The van der Waals surface area contributed by atoms with Gasteiger partial charge in [-0.15, -0.1) is 0 Å². The van der Waals surface area contributed by atoms with Gasteiger partial charge >= 0.3 is 0 Å². The molecule has 18 heavy (non-hydrogen) atoms. The number of anilines is 1. The quantitative estimate of drug-likeness (QED) is 0.782. The van der Waals surface area contributed by atoms with Gasteiger partial charge in [0.05, 0.1) is 6.54 Å². The molecule has 1 N–H and O–H groups in total. The van der Waals surface area contributed by atoms with Gasteiger partial charge in [0.1, 0.15) is 5.76 Å². The molecule has 1 aromatic heterocycles. The number of furan rings is 1. The van der Waals surface area contributed by atoms with Crippen molar-refractivity contribution in [2.45, 2.75) is 17.2 Å². The Morgan fingerprint density at radius 3 is 2.44 bits per heavy atom. The first-order chi connectivity index (χ1) is 8.63. The molecule has 0 saturated heterocycles. The van der Waals surface area contributed by atoms with E-state index < -0.39 is 5.76 Å². The van der Waals surface area contributed by atoms with E-state index in [0.29, 0.717) is 27.9 Å². The zero-order valence-electron chi connectivity index (χ0n) is 9.20. The van der Waals surface area contributed by atoms with Crippen LogP contribution in [0.1, 0.15) is 5.76 Å². The van der Waals surface area contributed by atoms with Crippen molar-refractivity contribution in [3.8, 4) is 0 Å². The van der Waals surface area contributed by atoms with Crippen molar-refractivity contribution in [2.75, 3.05) is 5.32 Å². The van der Waals surface area contributed by atoms with Crippen molar-refractivity contribution >= 4 is 33.4 Å². The smallest absolute Gasteiger partial charge is 0.288 e. The molecule has 0 bridgehead atoms. The lowest BCUT2D eigenvalue weighted by Gasteiger charge is -2.05. The van der Waals surface area contributed by atoms with Gasteiger partial charge in [-0.2, -0.15) is 8.78 Å². The van der Waals surface area contributed by atoms with E-state index in [2.05, 4.69) is 21.2 Å². The first-order valence-electron chi connectivity index (χ1n) is 5.16. The molecule has 0 radical (unpaired) electrons. The van der Waals surface area contributed by atoms with Crippen LogP contribution in [-0.4, -0.2) is 5.76 Å². The summed E-state index contributed by atoms with van der Waals surface area (Å²) in [5.74, 6) is -1.59. The highest BCUT2D eigenvalue weighted by atomic mass is 79.9. The zero-order chi connectivity index (χ0) is 13.0. The van der Waals surface area contributed by atoms with E-state index in [9.17, 15) is 8.78 Å². The first-order valence-corrected chi connectivity index (χ1v) is 6.84. The molecule has 0 aliphatic heterocycles. The minimum absolute atomic E-state index is 0.539. The SMILES string of the molecule is FC(F)Sc1ccc(NCc2ccc(Br)o2)cc1. The van der Waals surface area contributed by atoms with Crippen LogP contribution in [0.4, 0.5) is 14.5 Å². The molecule has 2 nitrogen and oxygen atoms in total. The number of hydrogen-bond acceptors (Lipinski definition) is 3. The average molecular weight is 334 g/mol. The summed E-state index contributed by atoms with van der Waals surface area (Å²) in [5, 5.41) is 3.14. The second kappa shape index (κ2) is 6.24. The number of nitrogens with one attached hydrogen (secondary N) is 1. The van der Waals surface area contributed by atoms with Crippen LogP contribution in [0, 0.1) is 0 Å². The Kier molecular flexibility index (Phi) is 4.66. The van der Waals surface area contributed by atoms with Crippen LogP contribution in [0.3, 0.4) is 0 Å².